The van der Waals surface area contributed by atoms with E-state index in [1.807, 2.05) is 30.3 Å². The maximum absolute atomic E-state index is 6.32. The highest BCUT2D eigenvalue weighted by Crippen LogP contribution is 2.25. The molecule has 1 aliphatic rings. The number of benzene rings is 1. The summed E-state index contributed by atoms with van der Waals surface area (Å²) in [6.45, 7) is 13.0. The Bertz CT molecular complexity index is 520. The van der Waals surface area contributed by atoms with Crippen molar-refractivity contribution >= 4 is 22.3 Å². The van der Waals surface area contributed by atoms with Crippen LogP contribution < -0.4 is 0 Å². The van der Waals surface area contributed by atoms with E-state index in [4.69, 9.17) is 13.7 Å². The molecular formula is C16H27NO3Si2. The molecule has 0 bridgehead atoms. The lowest BCUT2D eigenvalue weighted by atomic mass is 10.0. The molecule has 0 fully saturated rings. The molecule has 1 aromatic rings. The van der Waals surface area contributed by atoms with Gasteiger partial charge in [0.15, 0.2) is 16.6 Å². The average molecular weight is 338 g/mol. The van der Waals surface area contributed by atoms with Crippen LogP contribution in [0.1, 0.15) is 12.0 Å². The Labute approximate surface area is 135 Å². The van der Waals surface area contributed by atoms with Gasteiger partial charge in [0, 0.05) is 6.42 Å². The normalized spacial score (nSPS) is 22.9. The number of nitrogens with zero attached hydrogens (tertiary/aromatic N) is 1. The van der Waals surface area contributed by atoms with Crippen molar-refractivity contribution in [1.82, 2.24) is 0 Å². The molecule has 0 unspecified atom stereocenters. The second kappa shape index (κ2) is 6.66. The minimum atomic E-state index is -1.72. The monoisotopic (exact) mass is 337 g/mol. The molecule has 0 aliphatic carbocycles. The van der Waals surface area contributed by atoms with Crippen LogP contribution in [0, 0.1) is 0 Å². The number of hydrogen-bond donors (Lipinski definition) is 0. The first kappa shape index (κ1) is 17.4. The summed E-state index contributed by atoms with van der Waals surface area (Å²) in [5.41, 5.74) is 2.01. The summed E-state index contributed by atoms with van der Waals surface area (Å²) in [5, 5.41) is 4.29. The van der Waals surface area contributed by atoms with Gasteiger partial charge in [-0.2, -0.15) is 0 Å². The van der Waals surface area contributed by atoms with E-state index in [-0.39, 0.29) is 6.10 Å². The van der Waals surface area contributed by atoms with E-state index in [0.29, 0.717) is 0 Å². The summed E-state index contributed by atoms with van der Waals surface area (Å²) in [6.07, 6.45) is 0.237. The Balaban J connectivity index is 2.19. The van der Waals surface area contributed by atoms with Crippen molar-refractivity contribution in [3.8, 4) is 0 Å². The minimum Gasteiger partial charge on any atom is -0.408 e. The molecule has 4 nitrogen and oxygen atoms in total. The molecule has 2 rings (SSSR count). The lowest BCUT2D eigenvalue weighted by Gasteiger charge is -2.36. The number of oxime groups is 1. The molecule has 0 saturated heterocycles. The molecule has 22 heavy (non-hydrogen) atoms. The fraction of sp³-hybridized carbons (Fsp3) is 0.562. The van der Waals surface area contributed by atoms with Gasteiger partial charge in [-0.3, -0.25) is 0 Å². The Hall–Kier alpha value is -0.956. The molecule has 0 radical (unpaired) electrons. The Morgan fingerprint density at radius 3 is 2.09 bits per heavy atom. The van der Waals surface area contributed by atoms with Crippen molar-refractivity contribution in [2.24, 2.45) is 5.16 Å². The summed E-state index contributed by atoms with van der Waals surface area (Å²) < 4.78 is 12.4. The predicted octanol–water partition coefficient (Wildman–Crippen LogP) is 4.21. The van der Waals surface area contributed by atoms with Crippen molar-refractivity contribution in [3.05, 3.63) is 35.9 Å². The SMILES string of the molecule is C[Si](C)(C)O[C@@H]1ON=C(c2ccccc2)C[C@H]1O[Si](C)(C)C. The summed E-state index contributed by atoms with van der Waals surface area (Å²) in [4.78, 5) is 5.68. The maximum Gasteiger partial charge on any atom is 0.243 e. The van der Waals surface area contributed by atoms with Crippen LogP contribution >= 0.6 is 0 Å². The average Bonchev–Trinajstić information content (AvgIpc) is 2.38. The van der Waals surface area contributed by atoms with Crippen LogP contribution in [0.4, 0.5) is 0 Å². The molecule has 0 amide bonds. The van der Waals surface area contributed by atoms with Crippen molar-refractivity contribution in [1.29, 1.82) is 0 Å². The van der Waals surface area contributed by atoms with E-state index in [1.165, 1.54) is 0 Å². The zero-order valence-corrected chi connectivity index (χ0v) is 16.4. The molecule has 0 N–H and O–H groups in total. The molecule has 0 saturated carbocycles. The maximum atomic E-state index is 6.32. The fourth-order valence-corrected chi connectivity index (χ4v) is 4.30. The molecule has 6 heteroatoms. The molecule has 1 aromatic carbocycles. The van der Waals surface area contributed by atoms with Crippen molar-refractivity contribution in [2.75, 3.05) is 0 Å². The van der Waals surface area contributed by atoms with Crippen LogP contribution in [0.3, 0.4) is 0 Å². The first-order valence-electron chi connectivity index (χ1n) is 7.78. The number of rotatable bonds is 5. The molecule has 0 aromatic heterocycles. The van der Waals surface area contributed by atoms with Crippen LogP contribution in [-0.2, 0) is 13.7 Å². The van der Waals surface area contributed by atoms with Crippen molar-refractivity contribution in [3.63, 3.8) is 0 Å². The third kappa shape index (κ3) is 5.35. The summed E-state index contributed by atoms with van der Waals surface area (Å²) in [5.74, 6) is 0. The van der Waals surface area contributed by atoms with E-state index in [9.17, 15) is 0 Å². The van der Waals surface area contributed by atoms with Gasteiger partial charge in [-0.05, 0) is 44.8 Å². The number of hydrogen-bond acceptors (Lipinski definition) is 4. The van der Waals surface area contributed by atoms with Crippen LogP contribution in [-0.4, -0.2) is 34.7 Å². The zero-order chi connectivity index (χ0) is 16.4. The fourth-order valence-electron chi connectivity index (χ4n) is 2.31. The highest BCUT2D eigenvalue weighted by Gasteiger charge is 2.37. The topological polar surface area (TPSA) is 40.0 Å². The van der Waals surface area contributed by atoms with E-state index in [1.54, 1.807) is 0 Å². The second-order valence-corrected chi connectivity index (χ2v) is 16.5. The third-order valence-corrected chi connectivity index (χ3v) is 5.00. The summed E-state index contributed by atoms with van der Waals surface area (Å²) in [7, 11) is -3.41. The van der Waals surface area contributed by atoms with Crippen LogP contribution in [0.25, 0.3) is 0 Å². The summed E-state index contributed by atoms with van der Waals surface area (Å²) in [6, 6.07) is 10.1. The van der Waals surface area contributed by atoms with E-state index < -0.39 is 22.9 Å². The van der Waals surface area contributed by atoms with Crippen LogP contribution in [0.5, 0.6) is 0 Å². The molecule has 1 heterocycles. The molecule has 122 valence electrons. The smallest absolute Gasteiger partial charge is 0.243 e. The van der Waals surface area contributed by atoms with Crippen LogP contribution in [0.15, 0.2) is 35.5 Å². The van der Waals surface area contributed by atoms with Gasteiger partial charge >= 0.3 is 0 Å². The van der Waals surface area contributed by atoms with Gasteiger partial charge in [-0.1, -0.05) is 35.5 Å². The highest BCUT2D eigenvalue weighted by atomic mass is 28.4. The van der Waals surface area contributed by atoms with E-state index >= 15 is 0 Å². The largest absolute Gasteiger partial charge is 0.408 e. The third-order valence-electron chi connectivity index (χ3n) is 3.05. The zero-order valence-electron chi connectivity index (χ0n) is 14.4. The van der Waals surface area contributed by atoms with Gasteiger partial charge < -0.3 is 13.7 Å². The van der Waals surface area contributed by atoms with E-state index in [2.05, 4.69) is 44.4 Å². The Morgan fingerprint density at radius 2 is 1.55 bits per heavy atom. The van der Waals surface area contributed by atoms with Gasteiger partial charge in [0.1, 0.15) is 6.10 Å². The molecule has 0 spiro atoms. The summed E-state index contributed by atoms with van der Waals surface area (Å²) >= 11 is 0. The van der Waals surface area contributed by atoms with Gasteiger partial charge in [0.05, 0.1) is 5.71 Å². The lowest BCUT2D eigenvalue weighted by Crippen LogP contribution is -2.48. The Kier molecular flexibility index (Phi) is 5.26. The lowest BCUT2D eigenvalue weighted by molar-refractivity contribution is -0.150. The van der Waals surface area contributed by atoms with Crippen LogP contribution in [0.2, 0.25) is 39.3 Å². The van der Waals surface area contributed by atoms with Gasteiger partial charge in [0.25, 0.3) is 0 Å². The van der Waals surface area contributed by atoms with Gasteiger partial charge in [-0.25, -0.2) is 0 Å². The highest BCUT2D eigenvalue weighted by molar-refractivity contribution is 6.70. The molecule has 2 atom stereocenters. The standard InChI is InChI=1S/C16H27NO3Si2/c1-21(2,3)19-15-12-14(13-10-8-7-9-11-13)17-18-16(15)20-22(4,5)6/h7-11,15-16H,12H2,1-6H3/t15-,16+/m1/s1. The second-order valence-electron chi connectivity index (χ2n) is 7.58. The van der Waals surface area contributed by atoms with Gasteiger partial charge in [-0.15, -0.1) is 0 Å². The Morgan fingerprint density at radius 1 is 0.955 bits per heavy atom. The first-order chi connectivity index (χ1) is 10.1. The van der Waals surface area contributed by atoms with E-state index in [0.717, 1.165) is 17.7 Å². The van der Waals surface area contributed by atoms with Crippen molar-refractivity contribution < 1.29 is 13.7 Å². The molecule has 1 aliphatic heterocycles. The quantitative estimate of drug-likeness (QED) is 0.756. The minimum absolute atomic E-state index is 0.0916. The van der Waals surface area contributed by atoms with Gasteiger partial charge in [0.2, 0.25) is 6.29 Å². The molecular weight excluding hydrogens is 310 g/mol. The predicted molar refractivity (Wildman–Crippen MR) is 95.1 cm³/mol. The van der Waals surface area contributed by atoms with Crippen molar-refractivity contribution in [2.45, 2.75) is 58.1 Å². The first-order valence-corrected chi connectivity index (χ1v) is 14.6.